The van der Waals surface area contributed by atoms with Gasteiger partial charge in [0.15, 0.2) is 0 Å². The predicted octanol–water partition coefficient (Wildman–Crippen LogP) is 2.92. The van der Waals surface area contributed by atoms with Gasteiger partial charge in [0.2, 0.25) is 11.8 Å². The maximum atomic E-state index is 12.1. The highest BCUT2D eigenvalue weighted by Gasteiger charge is 2.17. The summed E-state index contributed by atoms with van der Waals surface area (Å²) in [5, 5.41) is 2.78. The molecule has 2 rings (SSSR count). The Hall–Kier alpha value is -2.36. The van der Waals surface area contributed by atoms with E-state index in [0.29, 0.717) is 6.42 Å². The van der Waals surface area contributed by atoms with Gasteiger partial charge in [0.05, 0.1) is 6.42 Å². The van der Waals surface area contributed by atoms with Gasteiger partial charge in [0.25, 0.3) is 0 Å². The van der Waals surface area contributed by atoms with E-state index in [-0.39, 0.29) is 11.8 Å². The first-order valence-electron chi connectivity index (χ1n) is 7.66. The SMILES string of the molecule is C/C=C/C=C/C(=O)Nc1ccc(CC(=O)N2CCCC2)cc1. The van der Waals surface area contributed by atoms with E-state index in [1.807, 2.05) is 42.2 Å². The molecular formula is C18H22N2O2. The molecule has 0 spiro atoms. The Bertz CT molecular complexity index is 567. The first-order valence-corrected chi connectivity index (χ1v) is 7.66. The van der Waals surface area contributed by atoms with Crippen molar-refractivity contribution in [3.63, 3.8) is 0 Å². The Morgan fingerprint density at radius 3 is 2.45 bits per heavy atom. The minimum absolute atomic E-state index is 0.168. The summed E-state index contributed by atoms with van der Waals surface area (Å²) in [4.78, 5) is 25.6. The molecule has 4 nitrogen and oxygen atoms in total. The number of carbonyl (C=O) groups excluding carboxylic acids is 2. The van der Waals surface area contributed by atoms with Gasteiger partial charge in [-0.25, -0.2) is 0 Å². The van der Waals surface area contributed by atoms with Crippen molar-refractivity contribution >= 4 is 17.5 Å². The third-order valence-electron chi connectivity index (χ3n) is 3.59. The molecule has 1 N–H and O–H groups in total. The highest BCUT2D eigenvalue weighted by Crippen LogP contribution is 2.13. The number of nitrogens with zero attached hydrogens (tertiary/aromatic N) is 1. The van der Waals surface area contributed by atoms with Crippen molar-refractivity contribution < 1.29 is 9.59 Å². The molecule has 0 aromatic heterocycles. The fourth-order valence-electron chi connectivity index (χ4n) is 2.40. The molecule has 0 aliphatic carbocycles. The van der Waals surface area contributed by atoms with Crippen molar-refractivity contribution in [2.45, 2.75) is 26.2 Å². The third kappa shape index (κ3) is 4.88. The number of nitrogens with one attached hydrogen (secondary N) is 1. The van der Waals surface area contributed by atoms with Gasteiger partial charge in [0, 0.05) is 24.9 Å². The van der Waals surface area contributed by atoms with Gasteiger partial charge in [-0.3, -0.25) is 9.59 Å². The van der Waals surface area contributed by atoms with Crippen molar-refractivity contribution in [1.29, 1.82) is 0 Å². The summed E-state index contributed by atoms with van der Waals surface area (Å²) < 4.78 is 0. The Morgan fingerprint density at radius 2 is 1.82 bits per heavy atom. The fourth-order valence-corrected chi connectivity index (χ4v) is 2.40. The second-order valence-electron chi connectivity index (χ2n) is 5.34. The number of carbonyl (C=O) groups is 2. The molecule has 0 unspecified atom stereocenters. The second kappa shape index (κ2) is 8.17. The summed E-state index contributed by atoms with van der Waals surface area (Å²) in [5.74, 6) is 0.0163. The van der Waals surface area contributed by atoms with E-state index in [1.165, 1.54) is 6.08 Å². The zero-order valence-electron chi connectivity index (χ0n) is 12.9. The normalized spacial score (nSPS) is 14.9. The van der Waals surface area contributed by atoms with Crippen LogP contribution in [-0.2, 0) is 16.0 Å². The van der Waals surface area contributed by atoms with Crippen LogP contribution in [0.3, 0.4) is 0 Å². The van der Waals surface area contributed by atoms with E-state index in [1.54, 1.807) is 12.2 Å². The number of anilines is 1. The summed E-state index contributed by atoms with van der Waals surface area (Å²) in [5.41, 5.74) is 1.70. The average molecular weight is 298 g/mol. The number of hydrogen-bond acceptors (Lipinski definition) is 2. The van der Waals surface area contributed by atoms with Crippen LogP contribution in [0.4, 0.5) is 5.69 Å². The molecule has 0 atom stereocenters. The average Bonchev–Trinajstić information content (AvgIpc) is 3.04. The number of likely N-dealkylation sites (tertiary alicyclic amines) is 1. The summed E-state index contributed by atoms with van der Waals surface area (Å²) in [6.07, 6.45) is 9.47. The van der Waals surface area contributed by atoms with Crippen molar-refractivity contribution in [2.24, 2.45) is 0 Å². The minimum Gasteiger partial charge on any atom is -0.342 e. The van der Waals surface area contributed by atoms with Crippen molar-refractivity contribution in [3.8, 4) is 0 Å². The minimum atomic E-state index is -0.168. The van der Waals surface area contributed by atoms with E-state index in [0.717, 1.165) is 37.2 Å². The Labute approximate surface area is 131 Å². The molecule has 1 aliphatic rings. The zero-order chi connectivity index (χ0) is 15.8. The first kappa shape index (κ1) is 16.0. The molecule has 1 aromatic rings. The number of amides is 2. The lowest BCUT2D eigenvalue weighted by atomic mass is 10.1. The van der Waals surface area contributed by atoms with E-state index >= 15 is 0 Å². The highest BCUT2D eigenvalue weighted by atomic mass is 16.2. The van der Waals surface area contributed by atoms with Crippen LogP contribution in [0.1, 0.15) is 25.3 Å². The molecule has 1 aromatic carbocycles. The molecule has 0 bridgehead atoms. The Kier molecular flexibility index (Phi) is 5.95. The maximum Gasteiger partial charge on any atom is 0.248 e. The van der Waals surface area contributed by atoms with Crippen molar-refractivity contribution in [2.75, 3.05) is 18.4 Å². The van der Waals surface area contributed by atoms with Gasteiger partial charge in [-0.15, -0.1) is 0 Å². The highest BCUT2D eigenvalue weighted by molar-refractivity contribution is 5.99. The molecular weight excluding hydrogens is 276 g/mol. The second-order valence-corrected chi connectivity index (χ2v) is 5.34. The summed E-state index contributed by atoms with van der Waals surface area (Å²) in [6.45, 7) is 3.65. The Balaban J connectivity index is 1.87. The van der Waals surface area contributed by atoms with E-state index in [9.17, 15) is 9.59 Å². The van der Waals surface area contributed by atoms with Gasteiger partial charge < -0.3 is 10.2 Å². The maximum absolute atomic E-state index is 12.1. The van der Waals surface area contributed by atoms with Crippen LogP contribution in [0, 0.1) is 0 Å². The molecule has 22 heavy (non-hydrogen) atoms. The first-order chi connectivity index (χ1) is 10.7. The van der Waals surface area contributed by atoms with Crippen LogP contribution >= 0.6 is 0 Å². The van der Waals surface area contributed by atoms with Crippen LogP contribution in [0.2, 0.25) is 0 Å². The smallest absolute Gasteiger partial charge is 0.248 e. The van der Waals surface area contributed by atoms with Gasteiger partial charge in [-0.1, -0.05) is 30.4 Å². The number of hydrogen-bond donors (Lipinski definition) is 1. The van der Waals surface area contributed by atoms with Crippen LogP contribution in [-0.4, -0.2) is 29.8 Å². The molecule has 4 heteroatoms. The summed E-state index contributed by atoms with van der Waals surface area (Å²) >= 11 is 0. The molecule has 1 aliphatic heterocycles. The van der Waals surface area contributed by atoms with Crippen molar-refractivity contribution in [1.82, 2.24) is 4.90 Å². The Morgan fingerprint density at radius 1 is 1.14 bits per heavy atom. The quantitative estimate of drug-likeness (QED) is 0.671. The molecule has 116 valence electrons. The lowest BCUT2D eigenvalue weighted by Crippen LogP contribution is -2.29. The summed E-state index contributed by atoms with van der Waals surface area (Å²) in [6, 6.07) is 7.43. The molecule has 1 saturated heterocycles. The largest absolute Gasteiger partial charge is 0.342 e. The van der Waals surface area contributed by atoms with Gasteiger partial charge in [-0.05, 0) is 37.5 Å². The molecule has 0 saturated carbocycles. The zero-order valence-corrected chi connectivity index (χ0v) is 12.9. The van der Waals surface area contributed by atoms with Crippen LogP contribution in [0.5, 0.6) is 0 Å². The van der Waals surface area contributed by atoms with E-state index < -0.39 is 0 Å². The molecule has 2 amide bonds. The van der Waals surface area contributed by atoms with Gasteiger partial charge >= 0.3 is 0 Å². The van der Waals surface area contributed by atoms with Crippen LogP contribution in [0.25, 0.3) is 0 Å². The van der Waals surface area contributed by atoms with Gasteiger partial charge in [-0.2, -0.15) is 0 Å². The summed E-state index contributed by atoms with van der Waals surface area (Å²) in [7, 11) is 0. The van der Waals surface area contributed by atoms with Crippen LogP contribution < -0.4 is 5.32 Å². The van der Waals surface area contributed by atoms with Crippen molar-refractivity contribution in [3.05, 3.63) is 54.1 Å². The number of benzene rings is 1. The number of allylic oxidation sites excluding steroid dienone is 3. The van der Waals surface area contributed by atoms with Gasteiger partial charge in [0.1, 0.15) is 0 Å². The van der Waals surface area contributed by atoms with Crippen LogP contribution in [0.15, 0.2) is 48.6 Å². The topological polar surface area (TPSA) is 49.4 Å². The molecule has 0 radical (unpaired) electrons. The number of rotatable bonds is 5. The monoisotopic (exact) mass is 298 g/mol. The fraction of sp³-hybridized carbons (Fsp3) is 0.333. The predicted molar refractivity (Wildman–Crippen MR) is 88.5 cm³/mol. The third-order valence-corrected chi connectivity index (χ3v) is 3.59. The standard InChI is InChI=1S/C18H22N2O2/c1-2-3-4-7-17(21)19-16-10-8-15(9-11-16)14-18(22)20-12-5-6-13-20/h2-4,7-11H,5-6,12-14H2,1H3,(H,19,21)/b3-2+,7-4+. The van der Waals surface area contributed by atoms with E-state index in [4.69, 9.17) is 0 Å². The molecule has 1 heterocycles. The van der Waals surface area contributed by atoms with E-state index in [2.05, 4.69) is 5.32 Å². The lowest BCUT2D eigenvalue weighted by molar-refractivity contribution is -0.129. The lowest BCUT2D eigenvalue weighted by Gasteiger charge is -2.15. The molecule has 1 fully saturated rings.